The van der Waals surface area contributed by atoms with E-state index in [0.29, 0.717) is 6.42 Å². The number of aryl methyl sites for hydroxylation is 1. The van der Waals surface area contributed by atoms with E-state index in [1.165, 1.54) is 11.6 Å². The van der Waals surface area contributed by atoms with E-state index in [9.17, 15) is 12.8 Å². The molecule has 5 atom stereocenters. The summed E-state index contributed by atoms with van der Waals surface area (Å²) in [6.45, 7) is 1.95. The standard InChI is InChI=1S/C33H31FN2O2S/c1-22-12-15-26(16-13-22)39(37,38)36-32(24-10-6-3-7-11-24)21-28-31-19-18-29(23-8-4-2-5-9-23)35(31)30-17-14-25(34)20-27(30)33(28)36/h2-17,20,28-29,31-33H,18-19,21H2,1H3/t28-,29-,31-,32-,33+/m1/s1. The van der Waals surface area contributed by atoms with E-state index < -0.39 is 16.1 Å². The van der Waals surface area contributed by atoms with Crippen molar-refractivity contribution in [3.8, 4) is 0 Å². The highest BCUT2D eigenvalue weighted by atomic mass is 32.2. The van der Waals surface area contributed by atoms with Crippen LogP contribution in [0.5, 0.6) is 0 Å². The Bertz CT molecular complexity index is 1610. The Balaban J connectivity index is 1.42. The number of benzene rings is 4. The second-order valence-electron chi connectivity index (χ2n) is 11.1. The van der Waals surface area contributed by atoms with Gasteiger partial charge in [-0.3, -0.25) is 0 Å². The maximum Gasteiger partial charge on any atom is 0.244 e. The van der Waals surface area contributed by atoms with Crippen molar-refractivity contribution < 1.29 is 12.8 Å². The lowest BCUT2D eigenvalue weighted by atomic mass is 9.81. The molecular formula is C33H31FN2O2S. The van der Waals surface area contributed by atoms with Crippen molar-refractivity contribution in [1.82, 2.24) is 4.31 Å². The van der Waals surface area contributed by atoms with Crippen LogP contribution in [-0.2, 0) is 10.0 Å². The van der Waals surface area contributed by atoms with Crippen molar-refractivity contribution >= 4 is 15.7 Å². The van der Waals surface area contributed by atoms with Gasteiger partial charge in [0, 0.05) is 17.6 Å². The van der Waals surface area contributed by atoms with Gasteiger partial charge in [-0.1, -0.05) is 78.4 Å². The average Bonchev–Trinajstić information content (AvgIpc) is 3.58. The Labute approximate surface area is 229 Å². The molecule has 4 aromatic rings. The Kier molecular flexibility index (Phi) is 5.87. The van der Waals surface area contributed by atoms with E-state index in [-0.39, 0.29) is 34.8 Å². The highest BCUT2D eigenvalue weighted by molar-refractivity contribution is 7.89. The molecule has 198 valence electrons. The molecule has 0 bridgehead atoms. The van der Waals surface area contributed by atoms with Crippen LogP contribution < -0.4 is 4.90 Å². The van der Waals surface area contributed by atoms with Gasteiger partial charge in [0.2, 0.25) is 10.0 Å². The lowest BCUT2D eigenvalue weighted by Gasteiger charge is -2.45. The van der Waals surface area contributed by atoms with Crippen LogP contribution in [0.2, 0.25) is 0 Å². The Morgan fingerprint density at radius 2 is 1.41 bits per heavy atom. The maximum atomic E-state index is 14.9. The van der Waals surface area contributed by atoms with Gasteiger partial charge in [0.25, 0.3) is 0 Å². The molecule has 3 aliphatic rings. The molecule has 0 amide bonds. The van der Waals surface area contributed by atoms with Crippen LogP contribution in [0, 0.1) is 18.7 Å². The third-order valence-corrected chi connectivity index (χ3v) is 10.9. The number of fused-ring (bicyclic) bond motifs is 6. The van der Waals surface area contributed by atoms with E-state index in [4.69, 9.17) is 0 Å². The van der Waals surface area contributed by atoms with Gasteiger partial charge in [0.15, 0.2) is 0 Å². The summed E-state index contributed by atoms with van der Waals surface area (Å²) in [6, 6.07) is 32.0. The van der Waals surface area contributed by atoms with Crippen molar-refractivity contribution in [2.24, 2.45) is 5.92 Å². The smallest absolute Gasteiger partial charge is 0.244 e. The summed E-state index contributed by atoms with van der Waals surface area (Å²) in [5.74, 6) is -0.296. The summed E-state index contributed by atoms with van der Waals surface area (Å²) in [6.07, 6.45) is 2.64. The van der Waals surface area contributed by atoms with Crippen molar-refractivity contribution in [2.45, 2.75) is 55.2 Å². The molecule has 4 aromatic carbocycles. The first-order valence-electron chi connectivity index (χ1n) is 13.7. The fourth-order valence-electron chi connectivity index (χ4n) is 7.32. The lowest BCUT2D eigenvalue weighted by Crippen LogP contribution is -2.46. The van der Waals surface area contributed by atoms with Crippen molar-refractivity contribution in [3.05, 3.63) is 131 Å². The SMILES string of the molecule is Cc1ccc(S(=O)(=O)N2[C@@H](c3ccccc3)C[C@@H]3[C@H]4CC[C@H](c5ccccc5)N4c4ccc(F)cc4[C@@H]32)cc1. The number of hydrogen-bond donors (Lipinski definition) is 0. The van der Waals surface area contributed by atoms with Gasteiger partial charge in [-0.05, 0) is 73.2 Å². The molecule has 2 saturated heterocycles. The summed E-state index contributed by atoms with van der Waals surface area (Å²) >= 11 is 0. The number of nitrogens with zero attached hydrogens (tertiary/aromatic N) is 2. The van der Waals surface area contributed by atoms with E-state index in [2.05, 4.69) is 29.2 Å². The highest BCUT2D eigenvalue weighted by Gasteiger charge is 2.57. The second-order valence-corrected chi connectivity index (χ2v) is 12.9. The van der Waals surface area contributed by atoms with Gasteiger partial charge >= 0.3 is 0 Å². The van der Waals surface area contributed by atoms with Gasteiger partial charge in [-0.2, -0.15) is 4.31 Å². The Morgan fingerprint density at radius 1 is 0.769 bits per heavy atom. The fraction of sp³-hybridized carbons (Fsp3) is 0.273. The zero-order valence-corrected chi connectivity index (χ0v) is 22.6. The van der Waals surface area contributed by atoms with Crippen LogP contribution in [0.1, 0.15) is 59.6 Å². The average molecular weight is 539 g/mol. The van der Waals surface area contributed by atoms with Crippen LogP contribution in [0.15, 0.2) is 108 Å². The minimum absolute atomic E-state index is 0.0402. The van der Waals surface area contributed by atoms with Crippen LogP contribution in [0.25, 0.3) is 0 Å². The first kappa shape index (κ1) is 24.6. The van der Waals surface area contributed by atoms with Gasteiger partial charge in [-0.25, -0.2) is 12.8 Å². The second kappa shape index (κ2) is 9.32. The molecule has 7 rings (SSSR count). The molecule has 2 fully saturated rings. The van der Waals surface area contributed by atoms with E-state index in [0.717, 1.165) is 35.2 Å². The number of rotatable bonds is 4. The Morgan fingerprint density at radius 3 is 2.08 bits per heavy atom. The summed E-state index contributed by atoms with van der Waals surface area (Å²) in [5.41, 5.74) is 4.95. The molecule has 3 heterocycles. The van der Waals surface area contributed by atoms with Gasteiger partial charge < -0.3 is 4.90 Å². The minimum atomic E-state index is -3.88. The summed E-state index contributed by atoms with van der Waals surface area (Å²) < 4.78 is 45.6. The van der Waals surface area contributed by atoms with Crippen LogP contribution in [0.4, 0.5) is 10.1 Å². The molecule has 3 aliphatic heterocycles. The number of sulfonamides is 1. The predicted octanol–water partition coefficient (Wildman–Crippen LogP) is 7.35. The zero-order valence-electron chi connectivity index (χ0n) is 21.8. The van der Waals surface area contributed by atoms with Crippen LogP contribution >= 0.6 is 0 Å². The zero-order chi connectivity index (χ0) is 26.7. The largest absolute Gasteiger partial charge is 0.361 e. The van der Waals surface area contributed by atoms with E-state index in [1.807, 2.05) is 61.5 Å². The fourth-order valence-corrected chi connectivity index (χ4v) is 9.16. The first-order chi connectivity index (χ1) is 18.9. The quantitative estimate of drug-likeness (QED) is 0.273. The van der Waals surface area contributed by atoms with E-state index in [1.54, 1.807) is 22.5 Å². The topological polar surface area (TPSA) is 40.6 Å². The third kappa shape index (κ3) is 3.92. The highest BCUT2D eigenvalue weighted by Crippen LogP contribution is 2.61. The first-order valence-corrected chi connectivity index (χ1v) is 15.2. The molecule has 0 radical (unpaired) electrons. The predicted molar refractivity (Wildman–Crippen MR) is 151 cm³/mol. The van der Waals surface area contributed by atoms with Crippen LogP contribution in [0.3, 0.4) is 0 Å². The summed E-state index contributed by atoms with van der Waals surface area (Å²) in [4.78, 5) is 2.75. The van der Waals surface area contributed by atoms with Crippen LogP contribution in [-0.4, -0.2) is 18.8 Å². The molecule has 0 N–H and O–H groups in total. The Hall–Kier alpha value is -3.48. The molecule has 0 spiro atoms. The monoisotopic (exact) mass is 538 g/mol. The number of halogens is 1. The molecule has 4 nitrogen and oxygen atoms in total. The van der Waals surface area contributed by atoms with Crippen molar-refractivity contribution in [1.29, 1.82) is 0 Å². The minimum Gasteiger partial charge on any atom is -0.361 e. The van der Waals surface area contributed by atoms with E-state index >= 15 is 0 Å². The third-order valence-electron chi connectivity index (χ3n) is 8.96. The molecule has 0 aliphatic carbocycles. The molecular weight excluding hydrogens is 507 g/mol. The lowest BCUT2D eigenvalue weighted by molar-refractivity contribution is 0.274. The molecule has 0 aromatic heterocycles. The van der Waals surface area contributed by atoms with Gasteiger partial charge in [-0.15, -0.1) is 0 Å². The van der Waals surface area contributed by atoms with Gasteiger partial charge in [0.05, 0.1) is 23.0 Å². The van der Waals surface area contributed by atoms with Crippen molar-refractivity contribution in [2.75, 3.05) is 4.90 Å². The normalized spacial score (nSPS) is 26.2. The molecule has 39 heavy (non-hydrogen) atoms. The number of anilines is 1. The summed E-state index contributed by atoms with van der Waals surface area (Å²) in [5, 5.41) is 0. The molecule has 0 saturated carbocycles. The maximum absolute atomic E-state index is 14.9. The molecule has 6 heteroatoms. The van der Waals surface area contributed by atoms with Crippen molar-refractivity contribution in [3.63, 3.8) is 0 Å². The van der Waals surface area contributed by atoms with Gasteiger partial charge in [0.1, 0.15) is 5.82 Å². The number of hydrogen-bond acceptors (Lipinski definition) is 3. The molecule has 0 unspecified atom stereocenters. The summed E-state index contributed by atoms with van der Waals surface area (Å²) in [7, 11) is -3.88.